The van der Waals surface area contributed by atoms with Crippen molar-refractivity contribution in [3.63, 3.8) is 0 Å². The number of anilines is 3. The molecule has 1 aliphatic carbocycles. The van der Waals surface area contributed by atoms with Gasteiger partial charge in [-0.2, -0.15) is 0 Å². The molecule has 2 nitrogen and oxygen atoms in total. The van der Waals surface area contributed by atoms with Crippen LogP contribution in [0.5, 0.6) is 0 Å². The van der Waals surface area contributed by atoms with E-state index in [2.05, 4.69) is 60.4 Å². The second kappa shape index (κ2) is 5.54. The van der Waals surface area contributed by atoms with Gasteiger partial charge in [0.05, 0.1) is 0 Å². The van der Waals surface area contributed by atoms with Gasteiger partial charge in [-0.25, -0.2) is 0 Å². The van der Waals surface area contributed by atoms with Crippen LogP contribution in [-0.4, -0.2) is 15.0 Å². The molecule has 3 aromatic rings. The van der Waals surface area contributed by atoms with E-state index < -0.39 is 0 Å². The summed E-state index contributed by atoms with van der Waals surface area (Å²) >= 11 is 0.315. The fraction of sp³-hybridized carbons (Fsp3) is 0.238. The van der Waals surface area contributed by atoms with E-state index in [1.807, 2.05) is 0 Å². The van der Waals surface area contributed by atoms with E-state index in [1.165, 1.54) is 57.1 Å². The molecule has 2 heterocycles. The molecular weight excluding hydrogens is 361 g/mol. The topological polar surface area (TPSA) is 16.4 Å². The summed E-state index contributed by atoms with van der Waals surface area (Å²) in [4.78, 5) is 2.37. The van der Waals surface area contributed by atoms with Crippen LogP contribution in [-0.2, 0) is 12.8 Å². The van der Waals surface area contributed by atoms with Crippen LogP contribution < -0.4 is 13.8 Å². The molecular formula is C21H19NOSe. The van der Waals surface area contributed by atoms with Crippen LogP contribution >= 0.6 is 0 Å². The van der Waals surface area contributed by atoms with Gasteiger partial charge >= 0.3 is 148 Å². The van der Waals surface area contributed by atoms with Crippen molar-refractivity contribution in [2.75, 3.05) is 4.90 Å². The van der Waals surface area contributed by atoms with Crippen LogP contribution in [0.2, 0.25) is 0 Å². The summed E-state index contributed by atoms with van der Waals surface area (Å²) < 4.78 is 8.95. The van der Waals surface area contributed by atoms with Gasteiger partial charge in [-0.05, 0) is 0 Å². The van der Waals surface area contributed by atoms with Crippen molar-refractivity contribution in [2.24, 2.45) is 0 Å². The zero-order valence-corrected chi connectivity index (χ0v) is 15.4. The molecule has 0 radical (unpaired) electrons. The van der Waals surface area contributed by atoms with Gasteiger partial charge in [-0.1, -0.05) is 0 Å². The molecule has 3 heteroatoms. The van der Waals surface area contributed by atoms with E-state index in [-0.39, 0.29) is 0 Å². The average molecular weight is 380 g/mol. The molecule has 1 aliphatic heterocycles. The minimum atomic E-state index is 0.315. The predicted molar refractivity (Wildman–Crippen MR) is 99.8 cm³/mol. The number of rotatable bonds is 1. The number of aryl methyl sites for hydroxylation is 2. The molecule has 0 bridgehead atoms. The van der Waals surface area contributed by atoms with Gasteiger partial charge in [0, 0.05) is 0 Å². The van der Waals surface area contributed by atoms with Gasteiger partial charge in [0.15, 0.2) is 0 Å². The molecule has 5 rings (SSSR count). The summed E-state index contributed by atoms with van der Waals surface area (Å²) in [5, 5.41) is 0. The first-order valence-electron chi connectivity index (χ1n) is 8.59. The molecule has 2 aliphatic rings. The van der Waals surface area contributed by atoms with E-state index in [0.29, 0.717) is 15.0 Å². The van der Waals surface area contributed by atoms with Crippen molar-refractivity contribution in [1.82, 2.24) is 0 Å². The van der Waals surface area contributed by atoms with E-state index in [9.17, 15) is 0 Å². The number of benzene rings is 2. The third-order valence-electron chi connectivity index (χ3n) is 4.94. The predicted octanol–water partition coefficient (Wildman–Crippen LogP) is 3.91. The quantitative estimate of drug-likeness (QED) is 0.466. The number of para-hydroxylation sites is 1. The first-order chi connectivity index (χ1) is 11.8. The third kappa shape index (κ3) is 2.16. The molecule has 0 saturated carbocycles. The van der Waals surface area contributed by atoms with Crippen LogP contribution in [0, 0.1) is 6.92 Å². The maximum atomic E-state index is 6.16. The molecule has 1 aromatic heterocycles. The molecule has 120 valence electrons. The van der Waals surface area contributed by atoms with Crippen molar-refractivity contribution >= 4 is 41.1 Å². The van der Waals surface area contributed by atoms with Crippen LogP contribution in [0.4, 0.5) is 17.3 Å². The monoisotopic (exact) mass is 381 g/mol. The van der Waals surface area contributed by atoms with E-state index in [1.54, 1.807) is 0 Å². The van der Waals surface area contributed by atoms with E-state index in [0.717, 1.165) is 11.6 Å². The Morgan fingerprint density at radius 1 is 0.917 bits per heavy atom. The molecule has 2 aromatic carbocycles. The standard InChI is InChI=1S/C21H19NOSe/c1-14-13-20-21(23-14)22(18-10-4-5-12-19(18)24-20)17-11-6-8-15-7-2-3-9-16(15)17/h4-6,8,10-13H,2-3,7,9H2,1H3. The second-order valence-corrected chi connectivity index (χ2v) is 8.83. The molecule has 0 N–H and O–H groups in total. The van der Waals surface area contributed by atoms with Crippen molar-refractivity contribution < 1.29 is 4.42 Å². The number of fused-ring (bicyclic) bond motifs is 3. The average Bonchev–Trinajstić information content (AvgIpc) is 2.99. The number of nitrogens with zero attached hydrogens (tertiary/aromatic N) is 1. The van der Waals surface area contributed by atoms with Crippen LogP contribution in [0.3, 0.4) is 0 Å². The number of hydrogen-bond acceptors (Lipinski definition) is 2. The third-order valence-corrected chi connectivity index (χ3v) is 7.20. The summed E-state index contributed by atoms with van der Waals surface area (Å²) in [6, 6.07) is 17.8. The summed E-state index contributed by atoms with van der Waals surface area (Å²) in [6.45, 7) is 2.05. The summed E-state index contributed by atoms with van der Waals surface area (Å²) in [5.41, 5.74) is 5.62. The molecule has 0 amide bonds. The summed E-state index contributed by atoms with van der Waals surface area (Å²) in [7, 11) is 0. The first kappa shape index (κ1) is 14.4. The van der Waals surface area contributed by atoms with Crippen LogP contribution in [0.25, 0.3) is 0 Å². The number of hydrogen-bond donors (Lipinski definition) is 0. The Balaban J connectivity index is 1.77. The van der Waals surface area contributed by atoms with Crippen molar-refractivity contribution in [3.05, 3.63) is 65.4 Å². The zero-order chi connectivity index (χ0) is 16.1. The first-order valence-corrected chi connectivity index (χ1v) is 10.3. The van der Waals surface area contributed by atoms with Crippen LogP contribution in [0.1, 0.15) is 29.7 Å². The molecule has 24 heavy (non-hydrogen) atoms. The van der Waals surface area contributed by atoms with Gasteiger partial charge in [0.1, 0.15) is 0 Å². The minimum absolute atomic E-state index is 0.315. The van der Waals surface area contributed by atoms with Gasteiger partial charge in [-0.15, -0.1) is 0 Å². The Labute approximate surface area is 148 Å². The molecule has 0 atom stereocenters. The SMILES string of the molecule is Cc1cc2c(o1)N(c1cccc3c1CCCC3)c1ccccc1[Se]2. The van der Waals surface area contributed by atoms with Gasteiger partial charge < -0.3 is 0 Å². The Hall–Kier alpha value is -1.96. The summed E-state index contributed by atoms with van der Waals surface area (Å²) in [6.07, 6.45) is 4.96. The maximum absolute atomic E-state index is 6.16. The Morgan fingerprint density at radius 3 is 2.71 bits per heavy atom. The zero-order valence-electron chi connectivity index (χ0n) is 13.7. The van der Waals surface area contributed by atoms with Crippen LogP contribution in [0.15, 0.2) is 52.9 Å². The van der Waals surface area contributed by atoms with Gasteiger partial charge in [-0.3, -0.25) is 0 Å². The Kier molecular flexibility index (Phi) is 3.32. The number of furan rings is 1. The summed E-state index contributed by atoms with van der Waals surface area (Å²) in [5.74, 6) is 2.04. The second-order valence-electron chi connectivity index (χ2n) is 6.55. The normalized spacial score (nSPS) is 15.6. The van der Waals surface area contributed by atoms with Crippen molar-refractivity contribution in [3.8, 4) is 0 Å². The fourth-order valence-electron chi connectivity index (χ4n) is 3.87. The molecule has 0 spiro atoms. The van der Waals surface area contributed by atoms with Gasteiger partial charge in [0.2, 0.25) is 0 Å². The Bertz CT molecular complexity index is 927. The van der Waals surface area contributed by atoms with Gasteiger partial charge in [0.25, 0.3) is 0 Å². The van der Waals surface area contributed by atoms with Crippen molar-refractivity contribution in [1.29, 1.82) is 0 Å². The molecule has 0 saturated heterocycles. The molecule has 0 unspecified atom stereocenters. The van der Waals surface area contributed by atoms with Crippen molar-refractivity contribution in [2.45, 2.75) is 32.6 Å². The molecule has 0 fully saturated rings. The van der Waals surface area contributed by atoms with E-state index in [4.69, 9.17) is 4.42 Å². The fourth-order valence-corrected chi connectivity index (χ4v) is 6.17. The van der Waals surface area contributed by atoms with E-state index >= 15 is 0 Å². The Morgan fingerprint density at radius 2 is 1.75 bits per heavy atom.